The number of nitrogens with one attached hydrogen (secondary N) is 2. The normalized spacial score (nSPS) is 10.5. The second-order valence-corrected chi connectivity index (χ2v) is 6.70. The van der Waals surface area contributed by atoms with Crippen LogP contribution in [0.2, 0.25) is 0 Å². The Labute approximate surface area is 180 Å². The molecule has 2 N–H and O–H groups in total. The molecule has 0 unspecified atom stereocenters. The van der Waals surface area contributed by atoms with Crippen molar-refractivity contribution >= 4 is 23.7 Å². The van der Waals surface area contributed by atoms with Gasteiger partial charge in [0, 0.05) is 28.4 Å². The van der Waals surface area contributed by atoms with E-state index in [4.69, 9.17) is 9.47 Å². The summed E-state index contributed by atoms with van der Waals surface area (Å²) in [7, 11) is 3.12. The molecule has 0 heterocycles. The highest BCUT2D eigenvalue weighted by atomic mass is 16.5. The Bertz CT molecular complexity index is 1090. The molecule has 0 fully saturated rings. The molecule has 31 heavy (non-hydrogen) atoms. The van der Waals surface area contributed by atoms with Crippen molar-refractivity contribution in [3.05, 3.63) is 89.0 Å². The van der Waals surface area contributed by atoms with Crippen LogP contribution in [-0.2, 0) is 0 Å². The van der Waals surface area contributed by atoms with E-state index in [1.54, 1.807) is 68.8 Å². The van der Waals surface area contributed by atoms with Gasteiger partial charge < -0.3 is 14.8 Å². The Morgan fingerprint density at radius 3 is 2.13 bits per heavy atom. The van der Waals surface area contributed by atoms with Gasteiger partial charge in [-0.05, 0) is 55.5 Å². The summed E-state index contributed by atoms with van der Waals surface area (Å²) in [5.41, 5.74) is 5.82. The first-order valence-corrected chi connectivity index (χ1v) is 9.53. The number of carbonyl (C=O) groups excluding carboxylic acids is 2. The third kappa shape index (κ3) is 5.70. The highest BCUT2D eigenvalue weighted by Crippen LogP contribution is 2.23. The lowest BCUT2D eigenvalue weighted by Gasteiger charge is -2.07. The smallest absolute Gasteiger partial charge is 0.271 e. The van der Waals surface area contributed by atoms with Crippen LogP contribution in [-0.4, -0.2) is 32.2 Å². The number of rotatable bonds is 7. The number of hydrogen-bond donors (Lipinski definition) is 2. The molecule has 0 radical (unpaired) electrons. The van der Waals surface area contributed by atoms with Gasteiger partial charge in [0.25, 0.3) is 11.8 Å². The summed E-state index contributed by atoms with van der Waals surface area (Å²) in [4.78, 5) is 24.6. The average molecular weight is 417 g/mol. The first-order chi connectivity index (χ1) is 15.0. The minimum atomic E-state index is -0.375. The maximum absolute atomic E-state index is 12.3. The summed E-state index contributed by atoms with van der Waals surface area (Å²) in [6, 6.07) is 19.1. The molecule has 0 atom stereocenters. The maximum Gasteiger partial charge on any atom is 0.271 e. The van der Waals surface area contributed by atoms with Crippen molar-refractivity contribution in [3.63, 3.8) is 0 Å². The Morgan fingerprint density at radius 1 is 0.839 bits per heavy atom. The number of ether oxygens (including phenoxy) is 2. The van der Waals surface area contributed by atoms with Gasteiger partial charge in [-0.15, -0.1) is 0 Å². The zero-order valence-electron chi connectivity index (χ0n) is 17.5. The molecule has 0 aliphatic carbocycles. The van der Waals surface area contributed by atoms with Crippen LogP contribution in [0.1, 0.15) is 31.8 Å². The predicted molar refractivity (Wildman–Crippen MR) is 120 cm³/mol. The minimum Gasteiger partial charge on any atom is -0.497 e. The molecule has 3 aromatic rings. The molecule has 0 aliphatic rings. The number of nitrogens with zero attached hydrogens (tertiary/aromatic N) is 1. The van der Waals surface area contributed by atoms with E-state index in [1.165, 1.54) is 6.21 Å². The lowest BCUT2D eigenvalue weighted by molar-refractivity contribution is 0.0954. The molecule has 3 aromatic carbocycles. The summed E-state index contributed by atoms with van der Waals surface area (Å²) in [5, 5.41) is 6.79. The van der Waals surface area contributed by atoms with Gasteiger partial charge in [-0.25, -0.2) is 5.43 Å². The Morgan fingerprint density at radius 2 is 1.48 bits per heavy atom. The monoisotopic (exact) mass is 417 g/mol. The quantitative estimate of drug-likeness (QED) is 0.449. The van der Waals surface area contributed by atoms with Crippen LogP contribution in [0.15, 0.2) is 71.8 Å². The molecule has 0 aliphatic heterocycles. The summed E-state index contributed by atoms with van der Waals surface area (Å²) in [6.45, 7) is 1.96. The first-order valence-electron chi connectivity index (χ1n) is 9.53. The van der Waals surface area contributed by atoms with E-state index in [1.807, 2.05) is 19.1 Å². The van der Waals surface area contributed by atoms with Gasteiger partial charge >= 0.3 is 0 Å². The van der Waals surface area contributed by atoms with E-state index in [0.29, 0.717) is 33.9 Å². The van der Waals surface area contributed by atoms with Crippen LogP contribution in [0.25, 0.3) is 0 Å². The van der Waals surface area contributed by atoms with Gasteiger partial charge in [0.15, 0.2) is 0 Å². The van der Waals surface area contributed by atoms with Crippen LogP contribution in [0, 0.1) is 6.92 Å². The Hall–Kier alpha value is -4.13. The zero-order valence-corrected chi connectivity index (χ0v) is 17.5. The second kappa shape index (κ2) is 10.1. The molecule has 158 valence electrons. The summed E-state index contributed by atoms with van der Waals surface area (Å²) in [6.07, 6.45) is 1.49. The lowest BCUT2D eigenvalue weighted by atomic mass is 10.1. The first kappa shape index (κ1) is 21.6. The van der Waals surface area contributed by atoms with Crippen molar-refractivity contribution in [1.82, 2.24) is 5.43 Å². The van der Waals surface area contributed by atoms with Crippen LogP contribution >= 0.6 is 0 Å². The molecular formula is C24H23N3O4. The predicted octanol–water partition coefficient (Wildman–Crippen LogP) is 4.03. The van der Waals surface area contributed by atoms with Crippen molar-refractivity contribution in [2.24, 2.45) is 5.10 Å². The molecule has 3 rings (SSSR count). The van der Waals surface area contributed by atoms with E-state index in [2.05, 4.69) is 15.8 Å². The van der Waals surface area contributed by atoms with Crippen LogP contribution in [0.4, 0.5) is 5.69 Å². The van der Waals surface area contributed by atoms with Gasteiger partial charge in [0.2, 0.25) is 0 Å². The van der Waals surface area contributed by atoms with Gasteiger partial charge in [-0.2, -0.15) is 5.10 Å². The molecule has 0 saturated heterocycles. The number of methoxy groups -OCH3 is 2. The van der Waals surface area contributed by atoms with Gasteiger partial charge in [0.05, 0.1) is 20.4 Å². The standard InChI is InChI=1S/C24H23N3O4/c1-16-4-6-17(7-5-16)23(28)26-20-11-8-18(9-12-20)24(29)27-25-15-19-10-13-21(30-2)14-22(19)31-3/h4-15H,1-3H3,(H,26,28)(H,27,29)/b25-15-. The van der Waals surface area contributed by atoms with E-state index < -0.39 is 0 Å². The van der Waals surface area contributed by atoms with Crippen LogP contribution in [0.5, 0.6) is 11.5 Å². The zero-order chi connectivity index (χ0) is 22.2. The van der Waals surface area contributed by atoms with Crippen molar-refractivity contribution in [2.75, 3.05) is 19.5 Å². The number of aryl methyl sites for hydroxylation is 1. The molecule has 7 heteroatoms. The van der Waals surface area contributed by atoms with Crippen LogP contribution in [0.3, 0.4) is 0 Å². The molecule has 0 aromatic heterocycles. The third-order valence-electron chi connectivity index (χ3n) is 4.53. The highest BCUT2D eigenvalue weighted by Gasteiger charge is 2.08. The van der Waals surface area contributed by atoms with E-state index in [-0.39, 0.29) is 11.8 Å². The fourth-order valence-electron chi connectivity index (χ4n) is 2.76. The largest absolute Gasteiger partial charge is 0.497 e. The fraction of sp³-hybridized carbons (Fsp3) is 0.125. The number of hydrazone groups is 1. The highest BCUT2D eigenvalue weighted by molar-refractivity contribution is 6.04. The van der Waals surface area contributed by atoms with E-state index in [9.17, 15) is 9.59 Å². The fourth-order valence-corrected chi connectivity index (χ4v) is 2.76. The van der Waals surface area contributed by atoms with E-state index >= 15 is 0 Å². The second-order valence-electron chi connectivity index (χ2n) is 6.70. The SMILES string of the molecule is COc1ccc(/C=N\NC(=O)c2ccc(NC(=O)c3ccc(C)cc3)cc2)c(OC)c1. The summed E-state index contributed by atoms with van der Waals surface area (Å²) >= 11 is 0. The van der Waals surface area contributed by atoms with Crippen molar-refractivity contribution < 1.29 is 19.1 Å². The maximum atomic E-state index is 12.3. The lowest BCUT2D eigenvalue weighted by Crippen LogP contribution is -2.18. The van der Waals surface area contributed by atoms with Crippen molar-refractivity contribution in [3.8, 4) is 11.5 Å². The molecular weight excluding hydrogens is 394 g/mol. The number of hydrogen-bond acceptors (Lipinski definition) is 5. The number of carbonyl (C=O) groups is 2. The van der Waals surface area contributed by atoms with Crippen molar-refractivity contribution in [2.45, 2.75) is 6.92 Å². The van der Waals surface area contributed by atoms with E-state index in [0.717, 1.165) is 5.56 Å². The summed E-state index contributed by atoms with van der Waals surface area (Å²) in [5.74, 6) is 0.647. The molecule has 2 amide bonds. The van der Waals surface area contributed by atoms with Crippen LogP contribution < -0.4 is 20.2 Å². The Balaban J connectivity index is 1.59. The molecule has 0 bridgehead atoms. The van der Waals surface area contributed by atoms with Gasteiger partial charge in [-0.1, -0.05) is 17.7 Å². The average Bonchev–Trinajstić information content (AvgIpc) is 2.80. The summed E-state index contributed by atoms with van der Waals surface area (Å²) < 4.78 is 10.4. The van der Waals surface area contributed by atoms with Gasteiger partial charge in [-0.3, -0.25) is 9.59 Å². The molecule has 0 saturated carbocycles. The molecule has 7 nitrogen and oxygen atoms in total. The number of amides is 2. The Kier molecular flexibility index (Phi) is 7.01. The van der Waals surface area contributed by atoms with Gasteiger partial charge in [0.1, 0.15) is 11.5 Å². The number of benzene rings is 3. The third-order valence-corrected chi connectivity index (χ3v) is 4.53. The number of anilines is 1. The van der Waals surface area contributed by atoms with Crippen molar-refractivity contribution in [1.29, 1.82) is 0 Å². The topological polar surface area (TPSA) is 89.0 Å². The minimum absolute atomic E-state index is 0.213. The molecule has 0 spiro atoms.